The van der Waals surface area contributed by atoms with E-state index in [1.54, 1.807) is 0 Å². The summed E-state index contributed by atoms with van der Waals surface area (Å²) in [5, 5.41) is 8.44. The van der Waals surface area contributed by atoms with Gasteiger partial charge in [-0.15, -0.1) is 0 Å². The molecule has 0 rings (SSSR count). The van der Waals surface area contributed by atoms with Gasteiger partial charge >= 0.3 is 5.97 Å². The van der Waals surface area contributed by atoms with Crippen molar-refractivity contribution in [1.29, 1.82) is 0 Å². The highest BCUT2D eigenvalue weighted by Crippen LogP contribution is 2.09. The first-order valence-corrected chi connectivity index (χ1v) is 4.96. The van der Waals surface area contributed by atoms with E-state index in [0.717, 1.165) is 17.7 Å². The van der Waals surface area contributed by atoms with Crippen molar-refractivity contribution in [2.45, 2.75) is 19.4 Å². The van der Waals surface area contributed by atoms with Crippen molar-refractivity contribution in [3.8, 4) is 0 Å². The summed E-state index contributed by atoms with van der Waals surface area (Å²) in [6.45, 7) is 5.83. The minimum absolute atomic E-state index is 0.453. The lowest BCUT2D eigenvalue weighted by molar-refractivity contribution is -0.137. The van der Waals surface area contributed by atoms with Gasteiger partial charge in [-0.3, -0.25) is 4.79 Å². The first kappa shape index (κ1) is 11.5. The second kappa shape index (κ2) is 6.08. The molecule has 0 saturated carbocycles. The molecule has 3 N–H and O–H groups in total. The largest absolute Gasteiger partial charge is 0.480 e. The van der Waals surface area contributed by atoms with Crippen LogP contribution in [-0.4, -0.2) is 28.6 Å². The standard InChI is InChI=1S/C8H15NO2S/c1-3-6(2)4-12-5-7(9)8(10)11/h7H,2-5,9H2,1H3,(H,10,11)/t7-/m0/s1. The van der Waals surface area contributed by atoms with Gasteiger partial charge in [-0.2, -0.15) is 11.8 Å². The average Bonchev–Trinajstić information content (AvgIpc) is 2.03. The zero-order valence-corrected chi connectivity index (χ0v) is 8.06. The van der Waals surface area contributed by atoms with Gasteiger partial charge in [0.1, 0.15) is 6.04 Å². The van der Waals surface area contributed by atoms with E-state index in [1.807, 2.05) is 6.92 Å². The molecule has 0 saturated heterocycles. The maximum absolute atomic E-state index is 10.3. The van der Waals surface area contributed by atoms with Crippen LogP contribution in [0.5, 0.6) is 0 Å². The molecule has 0 unspecified atom stereocenters. The van der Waals surface area contributed by atoms with Gasteiger partial charge in [-0.1, -0.05) is 19.1 Å². The van der Waals surface area contributed by atoms with Gasteiger partial charge in [0.2, 0.25) is 0 Å². The molecule has 0 spiro atoms. The molecular formula is C8H15NO2S. The fourth-order valence-corrected chi connectivity index (χ4v) is 1.51. The molecule has 0 aromatic carbocycles. The summed E-state index contributed by atoms with van der Waals surface area (Å²) in [4.78, 5) is 10.3. The fourth-order valence-electron chi connectivity index (χ4n) is 0.504. The summed E-state index contributed by atoms with van der Waals surface area (Å²) in [6.07, 6.45) is 0.940. The van der Waals surface area contributed by atoms with Crippen LogP contribution in [0.3, 0.4) is 0 Å². The minimum Gasteiger partial charge on any atom is -0.480 e. The number of hydrogen-bond acceptors (Lipinski definition) is 3. The molecule has 0 aliphatic heterocycles. The third kappa shape index (κ3) is 5.21. The number of carboxylic acid groups (broad SMARTS) is 1. The van der Waals surface area contributed by atoms with Crippen LogP contribution in [0, 0.1) is 0 Å². The van der Waals surface area contributed by atoms with Gasteiger partial charge in [0, 0.05) is 11.5 Å². The second-order valence-corrected chi connectivity index (χ2v) is 3.59. The lowest BCUT2D eigenvalue weighted by Gasteiger charge is -2.05. The van der Waals surface area contributed by atoms with Crippen molar-refractivity contribution in [1.82, 2.24) is 0 Å². The summed E-state index contributed by atoms with van der Waals surface area (Å²) in [5.74, 6) is 0.316. The molecule has 70 valence electrons. The molecule has 0 fully saturated rings. The van der Waals surface area contributed by atoms with Gasteiger partial charge < -0.3 is 10.8 Å². The van der Waals surface area contributed by atoms with Gasteiger partial charge in [-0.25, -0.2) is 0 Å². The van der Waals surface area contributed by atoms with Gasteiger partial charge in [0.25, 0.3) is 0 Å². The van der Waals surface area contributed by atoms with E-state index < -0.39 is 12.0 Å². The summed E-state index contributed by atoms with van der Waals surface area (Å²) in [7, 11) is 0. The molecule has 0 heterocycles. The Bertz CT molecular complexity index is 170. The van der Waals surface area contributed by atoms with Crippen LogP contribution in [0.25, 0.3) is 0 Å². The smallest absolute Gasteiger partial charge is 0.321 e. The first-order chi connectivity index (χ1) is 5.57. The number of carboxylic acids is 1. The molecule has 0 aliphatic carbocycles. The number of aliphatic carboxylic acids is 1. The van der Waals surface area contributed by atoms with Gasteiger partial charge in [0.05, 0.1) is 0 Å². The Morgan fingerprint density at radius 2 is 2.33 bits per heavy atom. The van der Waals surface area contributed by atoms with E-state index >= 15 is 0 Å². The highest BCUT2D eigenvalue weighted by Gasteiger charge is 2.10. The molecule has 0 aromatic heterocycles. The predicted octanol–water partition coefficient (Wildman–Crippen LogP) is 1.10. The summed E-state index contributed by atoms with van der Waals surface area (Å²) in [5.41, 5.74) is 6.42. The van der Waals surface area contributed by atoms with Gasteiger partial charge in [-0.05, 0) is 6.42 Å². The highest BCUT2D eigenvalue weighted by molar-refractivity contribution is 7.99. The SMILES string of the molecule is C=C(CC)CSC[C@H](N)C(=O)O. The van der Waals surface area contributed by atoms with Crippen LogP contribution >= 0.6 is 11.8 Å². The Kier molecular flexibility index (Phi) is 5.84. The summed E-state index contributed by atoms with van der Waals surface area (Å²) >= 11 is 1.52. The van der Waals surface area contributed by atoms with Gasteiger partial charge in [0.15, 0.2) is 0 Å². The topological polar surface area (TPSA) is 63.3 Å². The van der Waals surface area contributed by atoms with Crippen LogP contribution in [-0.2, 0) is 4.79 Å². The molecule has 0 aromatic rings. The van der Waals surface area contributed by atoms with Crippen molar-refractivity contribution in [2.75, 3.05) is 11.5 Å². The zero-order valence-electron chi connectivity index (χ0n) is 7.25. The van der Waals surface area contributed by atoms with E-state index in [0.29, 0.717) is 5.75 Å². The molecule has 0 amide bonds. The van der Waals surface area contributed by atoms with E-state index in [9.17, 15) is 4.79 Å². The normalized spacial score (nSPS) is 12.5. The van der Waals surface area contributed by atoms with E-state index in [2.05, 4.69) is 6.58 Å². The average molecular weight is 189 g/mol. The van der Waals surface area contributed by atoms with Crippen LogP contribution in [0.1, 0.15) is 13.3 Å². The molecule has 4 heteroatoms. The maximum atomic E-state index is 10.3. The minimum atomic E-state index is -0.940. The van der Waals surface area contributed by atoms with Crippen molar-refractivity contribution in [3.05, 3.63) is 12.2 Å². The fraction of sp³-hybridized carbons (Fsp3) is 0.625. The van der Waals surface area contributed by atoms with Crippen LogP contribution in [0.15, 0.2) is 12.2 Å². The van der Waals surface area contributed by atoms with Crippen molar-refractivity contribution in [3.63, 3.8) is 0 Å². The monoisotopic (exact) mass is 189 g/mol. The number of nitrogens with two attached hydrogens (primary N) is 1. The molecule has 0 aliphatic rings. The number of hydrogen-bond donors (Lipinski definition) is 2. The predicted molar refractivity (Wildman–Crippen MR) is 52.4 cm³/mol. The summed E-state index contributed by atoms with van der Waals surface area (Å²) < 4.78 is 0. The van der Waals surface area contributed by atoms with Crippen LogP contribution < -0.4 is 5.73 Å². The Morgan fingerprint density at radius 3 is 2.75 bits per heavy atom. The Balaban J connectivity index is 3.43. The van der Waals surface area contributed by atoms with Crippen molar-refractivity contribution >= 4 is 17.7 Å². The van der Waals surface area contributed by atoms with Crippen molar-refractivity contribution in [2.24, 2.45) is 5.73 Å². The molecule has 0 bridgehead atoms. The van der Waals surface area contributed by atoms with Crippen LogP contribution in [0.4, 0.5) is 0 Å². The Morgan fingerprint density at radius 1 is 1.75 bits per heavy atom. The van der Waals surface area contributed by atoms with Crippen molar-refractivity contribution < 1.29 is 9.90 Å². The molecule has 1 atom stereocenters. The maximum Gasteiger partial charge on any atom is 0.321 e. The lowest BCUT2D eigenvalue weighted by Crippen LogP contribution is -2.32. The lowest BCUT2D eigenvalue weighted by atomic mass is 10.3. The molecule has 12 heavy (non-hydrogen) atoms. The molecule has 3 nitrogen and oxygen atoms in total. The number of rotatable bonds is 6. The first-order valence-electron chi connectivity index (χ1n) is 3.80. The third-order valence-electron chi connectivity index (χ3n) is 1.42. The Labute approximate surface area is 77.0 Å². The molecular weight excluding hydrogens is 174 g/mol. The van der Waals surface area contributed by atoms with E-state index in [-0.39, 0.29) is 0 Å². The quantitative estimate of drug-likeness (QED) is 0.614. The second-order valence-electron chi connectivity index (χ2n) is 2.56. The van der Waals surface area contributed by atoms with E-state index in [1.165, 1.54) is 11.8 Å². The highest BCUT2D eigenvalue weighted by atomic mass is 32.2. The molecule has 0 radical (unpaired) electrons. The van der Waals surface area contributed by atoms with Crippen LogP contribution in [0.2, 0.25) is 0 Å². The Hall–Kier alpha value is -0.480. The zero-order chi connectivity index (χ0) is 9.56. The summed E-state index contributed by atoms with van der Waals surface area (Å²) in [6, 6.07) is -0.750. The number of carbonyl (C=O) groups is 1. The number of thioether (sulfide) groups is 1. The van der Waals surface area contributed by atoms with E-state index in [4.69, 9.17) is 10.8 Å². The third-order valence-corrected chi connectivity index (χ3v) is 2.63.